The molecule has 8 rings (SSSR count). The van der Waals surface area contributed by atoms with Gasteiger partial charge in [-0.2, -0.15) is 27.0 Å². The minimum absolute atomic E-state index is 0.0273. The van der Waals surface area contributed by atoms with E-state index < -0.39 is 27.4 Å². The molecule has 1 aliphatic carbocycles. The van der Waals surface area contributed by atoms with Crippen molar-refractivity contribution in [3.8, 4) is 0 Å². The number of aliphatic hydroxyl groups excluding tert-OH is 1. The quantitative estimate of drug-likeness (QED) is 0.138. The molecule has 1 aromatic carbocycles. The van der Waals surface area contributed by atoms with Gasteiger partial charge in [0.15, 0.2) is 11.2 Å². The van der Waals surface area contributed by atoms with E-state index in [1.165, 1.54) is 5.56 Å². The van der Waals surface area contributed by atoms with E-state index in [-0.39, 0.29) is 30.3 Å². The van der Waals surface area contributed by atoms with E-state index in [0.717, 1.165) is 73.1 Å². The number of benzene rings is 1. The zero-order chi connectivity index (χ0) is 40.6. The Bertz CT molecular complexity index is 2180. The summed E-state index contributed by atoms with van der Waals surface area (Å²) in [5.74, 6) is 1.73. The second-order valence-corrected chi connectivity index (χ2v) is 18.8. The SMILES string of the molecule is Cn1nc(NCCC(N)=O)c2ccc(C3CCN(CC4=CC(S(=O)(=O)N5CCC(Nc6ncc7c(n6)N([C@@H]6CCC[C@@H](O)C6)C(=O)C7CS)CC5)NC=C4)CC3)cc21. The summed E-state index contributed by atoms with van der Waals surface area (Å²) in [7, 11) is -1.74. The van der Waals surface area contributed by atoms with Gasteiger partial charge in [0.1, 0.15) is 5.82 Å². The van der Waals surface area contributed by atoms with Gasteiger partial charge in [0.2, 0.25) is 27.8 Å². The van der Waals surface area contributed by atoms with E-state index >= 15 is 0 Å². The van der Waals surface area contributed by atoms with Crippen LogP contribution in [0.5, 0.6) is 0 Å². The third kappa shape index (κ3) is 8.44. The second kappa shape index (κ2) is 17.2. The molecule has 3 fully saturated rings. The number of hydrogen-bond acceptors (Lipinski definition) is 13. The number of nitrogens with two attached hydrogens (primary N) is 1. The van der Waals surface area contributed by atoms with E-state index in [1.54, 1.807) is 21.6 Å². The lowest BCUT2D eigenvalue weighted by Gasteiger charge is -2.35. The lowest BCUT2D eigenvalue weighted by atomic mass is 9.88. The van der Waals surface area contributed by atoms with Gasteiger partial charge in [-0.1, -0.05) is 6.07 Å². The minimum Gasteiger partial charge on any atom is -0.393 e. The Morgan fingerprint density at radius 3 is 2.64 bits per heavy atom. The topological polar surface area (TPSA) is 204 Å². The Hall–Kier alpha value is -4.23. The highest BCUT2D eigenvalue weighted by molar-refractivity contribution is 7.89. The van der Waals surface area contributed by atoms with E-state index in [2.05, 4.69) is 61.8 Å². The van der Waals surface area contributed by atoms with Crippen molar-refractivity contribution in [1.82, 2.24) is 34.3 Å². The zero-order valence-electron chi connectivity index (χ0n) is 33.0. The fraction of sp³-hybridized carbons (Fsp3) is 0.575. The van der Waals surface area contributed by atoms with E-state index in [9.17, 15) is 23.1 Å². The van der Waals surface area contributed by atoms with Crippen LogP contribution in [0, 0.1) is 0 Å². The predicted molar refractivity (Wildman–Crippen MR) is 227 cm³/mol. The zero-order valence-corrected chi connectivity index (χ0v) is 34.7. The van der Waals surface area contributed by atoms with Gasteiger partial charge in [0.25, 0.3) is 0 Å². The summed E-state index contributed by atoms with van der Waals surface area (Å²) in [6.45, 7) is 3.68. The molecule has 6 heterocycles. The molecule has 3 aromatic rings. The molecular weight excluding hydrogens is 779 g/mol. The van der Waals surface area contributed by atoms with Crippen LogP contribution in [0.2, 0.25) is 0 Å². The summed E-state index contributed by atoms with van der Waals surface area (Å²) in [6.07, 6.45) is 13.2. The van der Waals surface area contributed by atoms with E-state index in [0.29, 0.717) is 68.9 Å². The number of likely N-dealkylation sites (tertiary alicyclic amines) is 1. The number of anilines is 3. The Balaban J connectivity index is 0.837. The average molecular weight is 834 g/mol. The molecular formula is C40H55N11O5S2. The van der Waals surface area contributed by atoms with Crippen molar-refractivity contribution in [2.24, 2.45) is 12.8 Å². The largest absolute Gasteiger partial charge is 0.393 e. The molecule has 312 valence electrons. The van der Waals surface area contributed by atoms with Gasteiger partial charge in [0, 0.05) is 74.6 Å². The van der Waals surface area contributed by atoms with Crippen LogP contribution in [-0.4, -0.2) is 123 Å². The summed E-state index contributed by atoms with van der Waals surface area (Å²) in [4.78, 5) is 38.1. The van der Waals surface area contributed by atoms with Gasteiger partial charge in [-0.25, -0.2) is 13.4 Å². The lowest BCUT2D eigenvalue weighted by Crippen LogP contribution is -2.49. The van der Waals surface area contributed by atoms with Crippen LogP contribution in [-0.2, 0) is 26.7 Å². The van der Waals surface area contributed by atoms with Crippen LogP contribution >= 0.6 is 12.6 Å². The maximum Gasteiger partial charge on any atom is 0.238 e. The summed E-state index contributed by atoms with van der Waals surface area (Å²) in [5, 5.41) is 24.8. The number of carbonyl (C=O) groups is 2. The fourth-order valence-corrected chi connectivity index (χ4v) is 11.3. The number of aromatic nitrogens is 4. The van der Waals surface area contributed by atoms with Crippen molar-refractivity contribution >= 4 is 63.0 Å². The molecule has 1 saturated carbocycles. The molecule has 0 spiro atoms. The van der Waals surface area contributed by atoms with Crippen molar-refractivity contribution in [3.05, 3.63) is 59.4 Å². The van der Waals surface area contributed by atoms with Gasteiger partial charge in [0.05, 0.1) is 17.5 Å². The van der Waals surface area contributed by atoms with Crippen LogP contribution in [0.15, 0.2) is 48.3 Å². The summed E-state index contributed by atoms with van der Waals surface area (Å²) in [6, 6.07) is 6.36. The second-order valence-electron chi connectivity index (χ2n) is 16.4. The summed E-state index contributed by atoms with van der Waals surface area (Å²) in [5.41, 5.74) is 9.36. The van der Waals surface area contributed by atoms with Gasteiger partial charge >= 0.3 is 0 Å². The molecule has 58 heavy (non-hydrogen) atoms. The number of primary amides is 1. The van der Waals surface area contributed by atoms with Crippen LogP contribution in [0.4, 0.5) is 17.6 Å². The molecule has 4 atom stereocenters. The predicted octanol–water partition coefficient (Wildman–Crippen LogP) is 2.77. The maximum absolute atomic E-state index is 13.9. The first-order chi connectivity index (χ1) is 28.0. The standard InChI is InChI=1S/C40H55N11O5S2/c1-48-34-20-27(5-6-31(34)37(47-48)43-14-8-35(41)53)26-9-15-49(16-10-26)23-25-7-13-42-36(19-25)58(55,56)50-17-11-28(12-18-50)45-40-44-22-32-33(24-57)39(54)51(38(32)46-40)29-3-2-4-30(52)21-29/h5-7,13,19-20,22,26,28-30,33,36,42,52,57H,2-4,8-12,14-18,21,23-24H2,1H3,(H2,41,53)(H,43,47)(H,44,45,46)/t29-,30-,33?,36?/m1/s1. The number of thiol groups is 1. The first kappa shape index (κ1) is 40.5. The van der Waals surface area contributed by atoms with Crippen molar-refractivity contribution < 1.29 is 23.1 Å². The van der Waals surface area contributed by atoms with Gasteiger partial charge in [-0.3, -0.25) is 24.1 Å². The maximum atomic E-state index is 13.9. The Labute approximate surface area is 345 Å². The summed E-state index contributed by atoms with van der Waals surface area (Å²) < 4.78 is 31.3. The number of fused-ring (bicyclic) bond motifs is 2. The van der Waals surface area contributed by atoms with Crippen molar-refractivity contribution in [3.63, 3.8) is 0 Å². The number of rotatable bonds is 13. The molecule has 2 amide bonds. The number of nitrogens with zero attached hydrogens (tertiary/aromatic N) is 7. The lowest BCUT2D eigenvalue weighted by molar-refractivity contribution is -0.119. The molecule has 6 N–H and O–H groups in total. The molecule has 2 aromatic heterocycles. The number of amides is 2. The highest BCUT2D eigenvalue weighted by atomic mass is 32.2. The van der Waals surface area contributed by atoms with Crippen molar-refractivity contribution in [2.45, 2.75) is 93.2 Å². The third-order valence-electron chi connectivity index (χ3n) is 12.5. The van der Waals surface area contributed by atoms with Gasteiger partial charge in [-0.05, 0) is 112 Å². The summed E-state index contributed by atoms with van der Waals surface area (Å²) >= 11 is 4.45. The molecule has 0 radical (unpaired) electrons. The normalized spacial score (nSPS) is 25.1. The van der Waals surface area contributed by atoms with Crippen LogP contribution in [0.1, 0.15) is 80.8 Å². The molecule has 2 saturated heterocycles. The number of nitrogens with one attached hydrogen (secondary N) is 3. The van der Waals surface area contributed by atoms with Gasteiger partial charge in [-0.15, -0.1) is 0 Å². The van der Waals surface area contributed by atoms with Crippen molar-refractivity contribution in [2.75, 3.05) is 60.6 Å². The molecule has 16 nitrogen and oxygen atoms in total. The fourth-order valence-electron chi connectivity index (χ4n) is 9.27. The number of dihydropyridines is 1. The van der Waals surface area contributed by atoms with E-state index in [1.807, 2.05) is 23.9 Å². The molecule has 0 bridgehead atoms. The van der Waals surface area contributed by atoms with Crippen LogP contribution in [0.3, 0.4) is 0 Å². The highest BCUT2D eigenvalue weighted by Crippen LogP contribution is 2.41. The number of aliphatic hydroxyl groups is 1. The molecule has 2 unspecified atom stereocenters. The van der Waals surface area contributed by atoms with Gasteiger partial charge < -0.3 is 26.8 Å². The smallest absolute Gasteiger partial charge is 0.238 e. The number of sulfonamides is 1. The van der Waals surface area contributed by atoms with Crippen molar-refractivity contribution in [1.29, 1.82) is 0 Å². The molecule has 18 heteroatoms. The third-order valence-corrected chi connectivity index (χ3v) is 14.9. The average Bonchev–Trinajstić information content (AvgIpc) is 3.69. The van der Waals surface area contributed by atoms with E-state index in [4.69, 9.17) is 10.7 Å². The van der Waals surface area contributed by atoms with Crippen LogP contribution < -0.4 is 26.6 Å². The first-order valence-electron chi connectivity index (χ1n) is 20.6. The number of carbonyl (C=O) groups excluding carboxylic acids is 2. The monoisotopic (exact) mass is 833 g/mol. The Morgan fingerprint density at radius 1 is 1.10 bits per heavy atom. The highest BCUT2D eigenvalue weighted by Gasteiger charge is 2.43. The number of aryl methyl sites for hydroxylation is 1. The Kier molecular flexibility index (Phi) is 12.0. The Morgan fingerprint density at radius 2 is 1.90 bits per heavy atom. The first-order valence-corrected chi connectivity index (χ1v) is 22.7. The number of hydrogen-bond donors (Lipinski definition) is 6. The molecule has 5 aliphatic rings. The number of piperidine rings is 2. The van der Waals surface area contributed by atoms with Crippen LogP contribution in [0.25, 0.3) is 10.9 Å². The minimum atomic E-state index is -3.66. The molecule has 4 aliphatic heterocycles.